The van der Waals surface area contributed by atoms with E-state index in [1.54, 1.807) is 6.07 Å². The molecule has 5 heteroatoms. The van der Waals surface area contributed by atoms with Gasteiger partial charge in [-0.05, 0) is 56.3 Å². The van der Waals surface area contributed by atoms with Gasteiger partial charge in [0.2, 0.25) is 0 Å². The molecule has 1 N–H and O–H groups in total. The van der Waals surface area contributed by atoms with E-state index in [9.17, 15) is 8.42 Å². The van der Waals surface area contributed by atoms with Gasteiger partial charge in [-0.15, -0.1) is 0 Å². The molecule has 1 saturated heterocycles. The summed E-state index contributed by atoms with van der Waals surface area (Å²) in [4.78, 5) is 0.307. The van der Waals surface area contributed by atoms with Gasteiger partial charge in [0, 0.05) is 6.04 Å². The van der Waals surface area contributed by atoms with Crippen LogP contribution in [0.5, 0.6) is 0 Å². The van der Waals surface area contributed by atoms with Gasteiger partial charge in [0.05, 0.1) is 15.2 Å². The molecule has 0 spiro atoms. The van der Waals surface area contributed by atoms with E-state index in [2.05, 4.69) is 5.32 Å². The molecular formula is C15H20ClNO2S. The van der Waals surface area contributed by atoms with Crippen LogP contribution < -0.4 is 5.32 Å². The number of rotatable bonds is 4. The van der Waals surface area contributed by atoms with Crippen molar-refractivity contribution in [2.75, 3.05) is 6.54 Å². The predicted molar refractivity (Wildman–Crippen MR) is 81.0 cm³/mol. The Hall–Kier alpha value is -0.580. The van der Waals surface area contributed by atoms with Gasteiger partial charge in [-0.2, -0.15) is 0 Å². The van der Waals surface area contributed by atoms with Gasteiger partial charge in [0.15, 0.2) is 9.84 Å². The second kappa shape index (κ2) is 5.66. The minimum atomic E-state index is -3.19. The van der Waals surface area contributed by atoms with Gasteiger partial charge in [0.25, 0.3) is 0 Å². The standard InChI is InChI=1S/C15H20ClNO2S/c16-14-10-11(9-12-3-1-2-8-17-12)4-7-15(14)20(18,19)13-5-6-13/h4,7,10,12-13,17H,1-3,5-6,8-9H2. The lowest BCUT2D eigenvalue weighted by atomic mass is 9.98. The van der Waals surface area contributed by atoms with E-state index in [4.69, 9.17) is 11.6 Å². The molecule has 1 unspecified atom stereocenters. The first-order valence-electron chi connectivity index (χ1n) is 7.33. The average Bonchev–Trinajstić information content (AvgIpc) is 3.24. The van der Waals surface area contributed by atoms with Crippen LogP contribution in [0.25, 0.3) is 0 Å². The summed E-state index contributed by atoms with van der Waals surface area (Å²) in [5.74, 6) is 0. The lowest BCUT2D eigenvalue weighted by molar-refractivity contribution is 0.399. The van der Waals surface area contributed by atoms with Crippen molar-refractivity contribution < 1.29 is 8.42 Å². The van der Waals surface area contributed by atoms with Crippen LogP contribution in [0, 0.1) is 0 Å². The minimum absolute atomic E-state index is 0.203. The highest BCUT2D eigenvalue weighted by molar-refractivity contribution is 7.92. The summed E-state index contributed by atoms with van der Waals surface area (Å²) >= 11 is 6.20. The summed E-state index contributed by atoms with van der Waals surface area (Å²) in [5.41, 5.74) is 1.11. The Bertz CT molecular complexity index is 590. The van der Waals surface area contributed by atoms with Gasteiger partial charge in [-0.25, -0.2) is 8.42 Å². The van der Waals surface area contributed by atoms with Crippen LogP contribution in [-0.4, -0.2) is 26.3 Å². The SMILES string of the molecule is O=S(=O)(c1ccc(CC2CCCCN2)cc1Cl)C1CC1. The minimum Gasteiger partial charge on any atom is -0.314 e. The molecule has 1 aromatic carbocycles. The Kier molecular flexibility index (Phi) is 4.07. The van der Waals surface area contributed by atoms with Crippen molar-refractivity contribution in [3.05, 3.63) is 28.8 Å². The highest BCUT2D eigenvalue weighted by Crippen LogP contribution is 2.36. The van der Waals surface area contributed by atoms with Crippen LogP contribution in [0.2, 0.25) is 5.02 Å². The third-order valence-corrected chi connectivity index (χ3v) is 6.90. The Morgan fingerprint density at radius 3 is 2.60 bits per heavy atom. The number of hydrogen-bond acceptors (Lipinski definition) is 3. The van der Waals surface area contributed by atoms with Gasteiger partial charge in [-0.1, -0.05) is 24.1 Å². The molecule has 1 atom stereocenters. The molecule has 1 aliphatic carbocycles. The maximum absolute atomic E-state index is 12.2. The van der Waals surface area contributed by atoms with Crippen LogP contribution in [0.15, 0.2) is 23.1 Å². The number of nitrogens with one attached hydrogen (secondary N) is 1. The van der Waals surface area contributed by atoms with Crippen molar-refractivity contribution >= 4 is 21.4 Å². The van der Waals surface area contributed by atoms with Crippen molar-refractivity contribution in [3.8, 4) is 0 Å². The summed E-state index contributed by atoms with van der Waals surface area (Å²) < 4.78 is 24.4. The van der Waals surface area contributed by atoms with E-state index in [0.29, 0.717) is 16.0 Å². The largest absolute Gasteiger partial charge is 0.314 e. The zero-order valence-electron chi connectivity index (χ0n) is 11.4. The first kappa shape index (κ1) is 14.4. The maximum atomic E-state index is 12.2. The lowest BCUT2D eigenvalue weighted by Gasteiger charge is -2.23. The van der Waals surface area contributed by atoms with E-state index in [-0.39, 0.29) is 5.25 Å². The van der Waals surface area contributed by atoms with Gasteiger partial charge >= 0.3 is 0 Å². The lowest BCUT2D eigenvalue weighted by Crippen LogP contribution is -2.35. The van der Waals surface area contributed by atoms with Gasteiger partial charge in [0.1, 0.15) is 0 Å². The van der Waals surface area contributed by atoms with Crippen molar-refractivity contribution in [2.24, 2.45) is 0 Å². The van der Waals surface area contributed by atoms with Gasteiger partial charge < -0.3 is 5.32 Å². The second-order valence-corrected chi connectivity index (χ2v) is 8.46. The number of hydrogen-bond donors (Lipinski definition) is 1. The van der Waals surface area contributed by atoms with Crippen LogP contribution >= 0.6 is 11.6 Å². The van der Waals surface area contributed by atoms with Crippen molar-refractivity contribution in [1.29, 1.82) is 0 Å². The Labute approximate surface area is 125 Å². The summed E-state index contributed by atoms with van der Waals surface area (Å²) in [7, 11) is -3.19. The smallest absolute Gasteiger partial charge is 0.182 e. The Morgan fingerprint density at radius 2 is 2.00 bits per heavy atom. The summed E-state index contributed by atoms with van der Waals surface area (Å²) in [5, 5.41) is 3.68. The van der Waals surface area contributed by atoms with E-state index in [1.807, 2.05) is 12.1 Å². The van der Waals surface area contributed by atoms with Crippen molar-refractivity contribution in [1.82, 2.24) is 5.32 Å². The number of sulfone groups is 1. The molecule has 0 bridgehead atoms. The predicted octanol–water partition coefficient (Wildman–Crippen LogP) is 2.96. The molecule has 3 nitrogen and oxygen atoms in total. The fraction of sp³-hybridized carbons (Fsp3) is 0.600. The van der Waals surface area contributed by atoms with E-state index in [1.165, 1.54) is 19.3 Å². The zero-order chi connectivity index (χ0) is 14.2. The first-order valence-corrected chi connectivity index (χ1v) is 9.25. The second-order valence-electron chi connectivity index (χ2n) is 5.86. The summed E-state index contributed by atoms with van der Waals surface area (Å²) in [6.45, 7) is 1.08. The van der Waals surface area contributed by atoms with E-state index >= 15 is 0 Å². The molecule has 0 radical (unpaired) electrons. The third-order valence-electron chi connectivity index (χ3n) is 4.16. The quantitative estimate of drug-likeness (QED) is 0.929. The van der Waals surface area contributed by atoms with Crippen LogP contribution in [0.1, 0.15) is 37.7 Å². The number of halogens is 1. The Morgan fingerprint density at radius 1 is 1.20 bits per heavy atom. The molecule has 1 heterocycles. The molecule has 1 aliphatic heterocycles. The topological polar surface area (TPSA) is 46.2 Å². The maximum Gasteiger partial charge on any atom is 0.182 e. The highest BCUT2D eigenvalue weighted by Gasteiger charge is 2.38. The van der Waals surface area contributed by atoms with Crippen LogP contribution in [0.3, 0.4) is 0 Å². The summed E-state index contributed by atoms with van der Waals surface area (Å²) in [6, 6.07) is 5.92. The zero-order valence-corrected chi connectivity index (χ0v) is 13.0. The highest BCUT2D eigenvalue weighted by atomic mass is 35.5. The first-order chi connectivity index (χ1) is 9.57. The molecule has 20 heavy (non-hydrogen) atoms. The summed E-state index contributed by atoms with van der Waals surface area (Å²) in [6.07, 6.45) is 6.15. The van der Waals surface area contributed by atoms with E-state index in [0.717, 1.165) is 31.4 Å². The molecule has 2 aliphatic rings. The van der Waals surface area contributed by atoms with Crippen molar-refractivity contribution in [2.45, 2.75) is 54.7 Å². The molecule has 0 amide bonds. The molecule has 1 saturated carbocycles. The number of benzene rings is 1. The molecule has 0 aromatic heterocycles. The average molecular weight is 314 g/mol. The van der Waals surface area contributed by atoms with Gasteiger partial charge in [-0.3, -0.25) is 0 Å². The van der Waals surface area contributed by atoms with Crippen LogP contribution in [0.4, 0.5) is 0 Å². The Balaban J connectivity index is 1.77. The normalized spacial score (nSPS) is 23.8. The van der Waals surface area contributed by atoms with E-state index < -0.39 is 9.84 Å². The third kappa shape index (κ3) is 3.02. The molecule has 3 rings (SSSR count). The van der Waals surface area contributed by atoms with Crippen LogP contribution in [-0.2, 0) is 16.3 Å². The fourth-order valence-corrected chi connectivity index (χ4v) is 5.07. The fourth-order valence-electron chi connectivity index (χ4n) is 2.84. The van der Waals surface area contributed by atoms with Crippen molar-refractivity contribution in [3.63, 3.8) is 0 Å². The molecule has 1 aromatic rings. The molecule has 110 valence electrons. The monoisotopic (exact) mass is 313 g/mol. The number of piperidine rings is 1. The molecule has 2 fully saturated rings. The molecular weight excluding hydrogens is 294 g/mol.